The Balaban J connectivity index is 1.87. The van der Waals surface area contributed by atoms with Crippen LogP contribution in [0.3, 0.4) is 0 Å². The molecule has 0 radical (unpaired) electrons. The number of methoxy groups -OCH3 is 3. The summed E-state index contributed by atoms with van der Waals surface area (Å²) in [6.07, 6.45) is -3.42. The van der Waals surface area contributed by atoms with E-state index in [2.05, 4.69) is 15.6 Å². The lowest BCUT2D eigenvalue weighted by atomic mass is 10.1. The number of alkyl halides is 3. The number of halogens is 3. The van der Waals surface area contributed by atoms with Crippen LogP contribution in [0.2, 0.25) is 0 Å². The number of benzene rings is 1. The van der Waals surface area contributed by atoms with Gasteiger partial charge in [-0.15, -0.1) is 0 Å². The molecule has 0 bridgehead atoms. The molecule has 0 aliphatic carbocycles. The summed E-state index contributed by atoms with van der Waals surface area (Å²) in [6, 6.07) is 3.68. The first kappa shape index (κ1) is 22.9. The van der Waals surface area contributed by atoms with Gasteiger partial charge < -0.3 is 24.8 Å². The molecule has 1 aromatic rings. The molecule has 2 rings (SSSR count). The van der Waals surface area contributed by atoms with E-state index in [-0.39, 0.29) is 5.92 Å². The fourth-order valence-electron chi connectivity index (χ4n) is 3.36. The van der Waals surface area contributed by atoms with Gasteiger partial charge in [0.05, 0.1) is 27.9 Å². The molecule has 0 amide bonds. The monoisotopic (exact) mass is 418 g/mol. The molecule has 1 aromatic carbocycles. The van der Waals surface area contributed by atoms with Gasteiger partial charge in [-0.3, -0.25) is 9.89 Å². The zero-order valence-corrected chi connectivity index (χ0v) is 17.2. The number of likely N-dealkylation sites (tertiary alicyclic amines) is 1. The van der Waals surface area contributed by atoms with E-state index in [9.17, 15) is 13.2 Å². The van der Waals surface area contributed by atoms with Crippen LogP contribution >= 0.6 is 0 Å². The molecule has 164 valence electrons. The van der Waals surface area contributed by atoms with Crippen molar-refractivity contribution in [2.24, 2.45) is 10.9 Å². The van der Waals surface area contributed by atoms with Crippen molar-refractivity contribution < 1.29 is 27.4 Å². The molecule has 1 aliphatic rings. The largest absolute Gasteiger partial charge is 0.493 e. The van der Waals surface area contributed by atoms with Crippen LogP contribution in [0.25, 0.3) is 0 Å². The molecule has 1 aliphatic heterocycles. The SMILES string of the molecule is CN=C(NCc1cc(OC)c(OC)c(OC)c1)NCC1CCN(CC(F)(F)F)C1. The van der Waals surface area contributed by atoms with Gasteiger partial charge in [-0.2, -0.15) is 13.2 Å². The summed E-state index contributed by atoms with van der Waals surface area (Å²) < 4.78 is 53.5. The lowest BCUT2D eigenvalue weighted by Crippen LogP contribution is -2.40. The Morgan fingerprint density at radius 1 is 1.14 bits per heavy atom. The number of guanidine groups is 1. The van der Waals surface area contributed by atoms with Gasteiger partial charge in [-0.25, -0.2) is 0 Å². The second-order valence-electron chi connectivity index (χ2n) is 6.85. The number of hydrogen-bond donors (Lipinski definition) is 2. The average Bonchev–Trinajstić information content (AvgIpc) is 3.12. The molecule has 10 heteroatoms. The Bertz CT molecular complexity index is 673. The van der Waals surface area contributed by atoms with E-state index in [0.29, 0.717) is 49.4 Å². The fraction of sp³-hybridized carbons (Fsp3) is 0.632. The summed E-state index contributed by atoms with van der Waals surface area (Å²) in [7, 11) is 6.30. The summed E-state index contributed by atoms with van der Waals surface area (Å²) in [6.45, 7) is 1.06. The first-order valence-corrected chi connectivity index (χ1v) is 9.32. The number of nitrogens with one attached hydrogen (secondary N) is 2. The molecule has 29 heavy (non-hydrogen) atoms. The predicted molar refractivity (Wildman–Crippen MR) is 105 cm³/mol. The lowest BCUT2D eigenvalue weighted by Gasteiger charge is -2.19. The summed E-state index contributed by atoms with van der Waals surface area (Å²) in [4.78, 5) is 5.62. The van der Waals surface area contributed by atoms with E-state index < -0.39 is 12.7 Å². The Hall–Kier alpha value is -2.36. The van der Waals surface area contributed by atoms with Gasteiger partial charge in [0.25, 0.3) is 0 Å². The molecule has 1 atom stereocenters. The van der Waals surface area contributed by atoms with Gasteiger partial charge >= 0.3 is 6.18 Å². The Morgan fingerprint density at radius 3 is 2.31 bits per heavy atom. The van der Waals surface area contributed by atoms with Crippen LogP contribution in [0.1, 0.15) is 12.0 Å². The third-order valence-electron chi connectivity index (χ3n) is 4.74. The summed E-state index contributed by atoms with van der Waals surface area (Å²) in [5.74, 6) is 2.36. The minimum Gasteiger partial charge on any atom is -0.493 e. The van der Waals surface area contributed by atoms with Crippen LogP contribution in [0.5, 0.6) is 17.2 Å². The standard InChI is InChI=1S/C19H29F3N4O3/c1-23-18(24-9-13-5-6-26(11-13)12-19(20,21)22)25-10-14-7-15(27-2)17(29-4)16(8-14)28-3/h7-8,13H,5-6,9-12H2,1-4H3,(H2,23,24,25). The third-order valence-corrected chi connectivity index (χ3v) is 4.74. The lowest BCUT2D eigenvalue weighted by molar-refractivity contribution is -0.143. The number of nitrogens with zero attached hydrogens (tertiary/aromatic N) is 2. The van der Waals surface area contributed by atoms with Crippen LogP contribution in [0.15, 0.2) is 17.1 Å². The molecule has 2 N–H and O–H groups in total. The molecule has 1 fully saturated rings. The van der Waals surface area contributed by atoms with E-state index >= 15 is 0 Å². The number of ether oxygens (including phenoxy) is 3. The third kappa shape index (κ3) is 6.88. The smallest absolute Gasteiger partial charge is 0.401 e. The minimum absolute atomic E-state index is 0.150. The van der Waals surface area contributed by atoms with Crippen molar-refractivity contribution in [1.82, 2.24) is 15.5 Å². The maximum atomic E-state index is 12.5. The second kappa shape index (κ2) is 10.4. The van der Waals surface area contributed by atoms with Crippen LogP contribution in [0, 0.1) is 5.92 Å². The van der Waals surface area contributed by atoms with Crippen molar-refractivity contribution in [3.8, 4) is 17.2 Å². The molecule has 0 aromatic heterocycles. The fourth-order valence-corrected chi connectivity index (χ4v) is 3.36. The topological polar surface area (TPSA) is 67.4 Å². The quantitative estimate of drug-likeness (QED) is 0.499. The highest BCUT2D eigenvalue weighted by Crippen LogP contribution is 2.38. The van der Waals surface area contributed by atoms with Crippen molar-refractivity contribution >= 4 is 5.96 Å². The summed E-state index contributed by atoms with van der Waals surface area (Å²) in [5.41, 5.74) is 0.902. The van der Waals surface area contributed by atoms with Crippen molar-refractivity contribution in [3.63, 3.8) is 0 Å². The van der Waals surface area contributed by atoms with Crippen LogP contribution in [-0.4, -0.2) is 71.6 Å². The van der Waals surface area contributed by atoms with Gasteiger partial charge in [0.15, 0.2) is 17.5 Å². The van der Waals surface area contributed by atoms with Crippen molar-refractivity contribution in [2.75, 3.05) is 54.6 Å². The highest BCUT2D eigenvalue weighted by Gasteiger charge is 2.34. The first-order valence-electron chi connectivity index (χ1n) is 9.32. The van der Waals surface area contributed by atoms with Gasteiger partial charge in [0, 0.05) is 26.7 Å². The molecule has 1 unspecified atom stereocenters. The van der Waals surface area contributed by atoms with E-state index in [1.807, 2.05) is 12.1 Å². The summed E-state index contributed by atoms with van der Waals surface area (Å²) in [5, 5.41) is 6.38. The predicted octanol–water partition coefficient (Wildman–Crippen LogP) is 2.26. The molecule has 0 spiro atoms. The van der Waals surface area contributed by atoms with E-state index in [1.165, 1.54) is 4.90 Å². The van der Waals surface area contributed by atoms with Crippen molar-refractivity contribution in [1.29, 1.82) is 0 Å². The minimum atomic E-state index is -4.15. The van der Waals surface area contributed by atoms with Crippen LogP contribution < -0.4 is 24.8 Å². The zero-order chi connectivity index (χ0) is 21.4. The van der Waals surface area contributed by atoms with Gasteiger partial charge in [-0.05, 0) is 36.6 Å². The van der Waals surface area contributed by atoms with E-state index in [1.54, 1.807) is 28.4 Å². The Kier molecular flexibility index (Phi) is 8.24. The number of hydrogen-bond acceptors (Lipinski definition) is 5. The van der Waals surface area contributed by atoms with Crippen molar-refractivity contribution in [2.45, 2.75) is 19.1 Å². The Morgan fingerprint density at radius 2 is 1.79 bits per heavy atom. The normalized spacial score (nSPS) is 17.9. The van der Waals surface area contributed by atoms with Gasteiger partial charge in [-0.1, -0.05) is 0 Å². The van der Waals surface area contributed by atoms with E-state index in [0.717, 1.165) is 12.0 Å². The second-order valence-corrected chi connectivity index (χ2v) is 6.85. The molecule has 0 saturated carbocycles. The van der Waals surface area contributed by atoms with Crippen LogP contribution in [-0.2, 0) is 6.54 Å². The Labute approximate surface area is 169 Å². The number of aliphatic imine (C=N–C) groups is 1. The van der Waals surface area contributed by atoms with Gasteiger partial charge in [0.1, 0.15) is 0 Å². The van der Waals surface area contributed by atoms with Crippen molar-refractivity contribution in [3.05, 3.63) is 17.7 Å². The van der Waals surface area contributed by atoms with Crippen LogP contribution in [0.4, 0.5) is 13.2 Å². The molecule has 1 saturated heterocycles. The maximum absolute atomic E-state index is 12.5. The van der Waals surface area contributed by atoms with E-state index in [4.69, 9.17) is 14.2 Å². The number of rotatable bonds is 8. The highest BCUT2D eigenvalue weighted by atomic mass is 19.4. The van der Waals surface area contributed by atoms with Gasteiger partial charge in [0.2, 0.25) is 5.75 Å². The molecular weight excluding hydrogens is 389 g/mol. The highest BCUT2D eigenvalue weighted by molar-refractivity contribution is 5.79. The first-order chi connectivity index (χ1) is 13.8. The molecular formula is C19H29F3N4O3. The summed E-state index contributed by atoms with van der Waals surface area (Å²) >= 11 is 0. The molecule has 7 nitrogen and oxygen atoms in total. The average molecular weight is 418 g/mol. The molecule has 1 heterocycles. The maximum Gasteiger partial charge on any atom is 0.401 e. The zero-order valence-electron chi connectivity index (χ0n) is 17.2.